The molecule has 2 heterocycles. The van der Waals surface area contributed by atoms with E-state index in [0.29, 0.717) is 29.5 Å². The number of hydrogen-bond acceptors (Lipinski definition) is 4. The van der Waals surface area contributed by atoms with Crippen LogP contribution in [0.15, 0.2) is 31.9 Å². The second-order valence-corrected chi connectivity index (χ2v) is 6.04. The van der Waals surface area contributed by atoms with Crippen molar-refractivity contribution in [1.82, 2.24) is 15.3 Å². The van der Waals surface area contributed by atoms with E-state index in [0.717, 1.165) is 16.3 Å². The number of halogens is 1. The maximum atomic E-state index is 12.1. The van der Waals surface area contributed by atoms with Crippen LogP contribution in [0.3, 0.4) is 0 Å². The molecular weight excluding hydrogens is 334 g/mol. The van der Waals surface area contributed by atoms with E-state index in [9.17, 15) is 4.79 Å². The molecule has 5 nitrogen and oxygen atoms in total. The Balaban J connectivity index is 2.10. The highest BCUT2D eigenvalue weighted by Crippen LogP contribution is 2.27. The van der Waals surface area contributed by atoms with E-state index in [1.807, 2.05) is 18.2 Å². The number of aromatic amines is 1. The molecule has 3 rings (SSSR count). The van der Waals surface area contributed by atoms with Gasteiger partial charge in [0.25, 0.3) is 5.56 Å². The molecule has 0 amide bonds. The normalized spacial score (nSPS) is 13.1. The summed E-state index contributed by atoms with van der Waals surface area (Å²) in [5, 5.41) is 4.16. The number of furan rings is 1. The molecule has 0 aliphatic heterocycles. The van der Waals surface area contributed by atoms with Crippen molar-refractivity contribution < 1.29 is 4.42 Å². The number of nitrogens with zero attached hydrogens (tertiary/aromatic N) is 1. The Hall–Kier alpha value is -1.66. The molecule has 21 heavy (non-hydrogen) atoms. The first-order valence-corrected chi connectivity index (χ1v) is 7.72. The van der Waals surface area contributed by atoms with Crippen molar-refractivity contribution >= 4 is 38.0 Å². The Morgan fingerprint density at radius 2 is 2.29 bits per heavy atom. The van der Waals surface area contributed by atoms with Gasteiger partial charge in [0.05, 0.1) is 6.54 Å². The zero-order valence-corrected chi connectivity index (χ0v) is 13.5. The first-order chi connectivity index (χ1) is 10.1. The summed E-state index contributed by atoms with van der Waals surface area (Å²) < 4.78 is 6.52. The molecule has 0 bridgehead atoms. The fraction of sp³-hybridized carbons (Fsp3) is 0.333. The first kappa shape index (κ1) is 14.3. The number of hydrogen-bond donors (Lipinski definition) is 2. The number of H-pyrrole nitrogens is 1. The summed E-state index contributed by atoms with van der Waals surface area (Å²) >= 11 is 3.43. The average Bonchev–Trinajstić information content (AvgIpc) is 2.83. The summed E-state index contributed by atoms with van der Waals surface area (Å²) in [6.45, 7) is 4.74. The molecule has 110 valence electrons. The molecule has 3 aromatic rings. The van der Waals surface area contributed by atoms with Crippen LogP contribution in [0.2, 0.25) is 0 Å². The summed E-state index contributed by atoms with van der Waals surface area (Å²) in [4.78, 5) is 19.4. The molecular formula is C15H16BrN3O2. The van der Waals surface area contributed by atoms with Gasteiger partial charge in [-0.25, -0.2) is 4.98 Å². The van der Waals surface area contributed by atoms with E-state index in [-0.39, 0.29) is 11.1 Å². The Kier molecular flexibility index (Phi) is 3.82. The van der Waals surface area contributed by atoms with Crippen LogP contribution < -0.4 is 10.9 Å². The topological polar surface area (TPSA) is 70.9 Å². The smallest absolute Gasteiger partial charge is 0.294 e. The summed E-state index contributed by atoms with van der Waals surface area (Å²) in [5.74, 6) is 0.621. The number of nitrogens with one attached hydrogen (secondary N) is 2. The highest BCUT2D eigenvalue weighted by Gasteiger charge is 2.13. The largest absolute Gasteiger partial charge is 0.449 e. The molecule has 0 fully saturated rings. The Morgan fingerprint density at radius 3 is 3.05 bits per heavy atom. The lowest BCUT2D eigenvalue weighted by Crippen LogP contribution is -2.26. The second kappa shape index (κ2) is 5.61. The lowest BCUT2D eigenvalue weighted by molar-refractivity contribution is 0.522. The monoisotopic (exact) mass is 349 g/mol. The van der Waals surface area contributed by atoms with E-state index in [1.165, 1.54) is 0 Å². The maximum Gasteiger partial charge on any atom is 0.294 e. The SMILES string of the molecule is CC[C@H](C)NCc1nc2c(oc3ccc(Br)cc32)c(=O)[nH]1. The molecule has 0 saturated heterocycles. The van der Waals surface area contributed by atoms with Crippen LogP contribution in [0.1, 0.15) is 26.1 Å². The van der Waals surface area contributed by atoms with Crippen molar-refractivity contribution in [1.29, 1.82) is 0 Å². The minimum absolute atomic E-state index is 0.242. The third kappa shape index (κ3) is 2.73. The quantitative estimate of drug-likeness (QED) is 0.757. The molecule has 2 aromatic heterocycles. The molecule has 1 aromatic carbocycles. The first-order valence-electron chi connectivity index (χ1n) is 6.93. The van der Waals surface area contributed by atoms with Gasteiger partial charge in [-0.1, -0.05) is 22.9 Å². The van der Waals surface area contributed by atoms with Crippen LogP contribution in [0.25, 0.3) is 22.1 Å². The zero-order valence-electron chi connectivity index (χ0n) is 11.9. The second-order valence-electron chi connectivity index (χ2n) is 5.12. The van der Waals surface area contributed by atoms with Crippen LogP contribution in [-0.2, 0) is 6.54 Å². The fourth-order valence-corrected chi connectivity index (χ4v) is 2.53. The van der Waals surface area contributed by atoms with Crippen LogP contribution in [-0.4, -0.2) is 16.0 Å². The zero-order chi connectivity index (χ0) is 15.0. The third-order valence-corrected chi connectivity index (χ3v) is 4.06. The van der Waals surface area contributed by atoms with E-state index in [4.69, 9.17) is 4.42 Å². The number of aromatic nitrogens is 2. The molecule has 0 aliphatic carbocycles. The Bertz CT molecular complexity index is 853. The number of fused-ring (bicyclic) bond motifs is 3. The Labute approximate surface area is 129 Å². The molecule has 0 unspecified atom stereocenters. The standard InChI is InChI=1S/C15H16BrN3O2/c1-3-8(2)17-7-12-18-13-10-6-9(16)4-5-11(10)21-14(13)15(20)19-12/h4-6,8,17H,3,7H2,1-2H3,(H,18,19,20)/t8-/m0/s1. The molecule has 0 spiro atoms. The highest BCUT2D eigenvalue weighted by atomic mass is 79.9. The minimum Gasteiger partial charge on any atom is -0.449 e. The van der Waals surface area contributed by atoms with Crippen molar-refractivity contribution in [3.8, 4) is 0 Å². The molecule has 0 radical (unpaired) electrons. The predicted octanol–water partition coefficient (Wildman–Crippen LogP) is 3.32. The van der Waals surface area contributed by atoms with Gasteiger partial charge in [0.1, 0.15) is 16.9 Å². The summed E-state index contributed by atoms with van der Waals surface area (Å²) in [6.07, 6.45) is 1.02. The van der Waals surface area contributed by atoms with Crippen molar-refractivity contribution in [2.45, 2.75) is 32.9 Å². The van der Waals surface area contributed by atoms with Crippen LogP contribution in [0.5, 0.6) is 0 Å². The van der Waals surface area contributed by atoms with Crippen molar-refractivity contribution in [2.24, 2.45) is 0 Å². The van der Waals surface area contributed by atoms with E-state index in [2.05, 4.69) is 45.1 Å². The number of rotatable bonds is 4. The average molecular weight is 350 g/mol. The summed E-state index contributed by atoms with van der Waals surface area (Å²) in [7, 11) is 0. The van der Waals surface area contributed by atoms with Gasteiger partial charge in [0.2, 0.25) is 5.58 Å². The van der Waals surface area contributed by atoms with Gasteiger partial charge in [-0.3, -0.25) is 4.79 Å². The highest BCUT2D eigenvalue weighted by molar-refractivity contribution is 9.10. The molecule has 0 aliphatic rings. The van der Waals surface area contributed by atoms with E-state index < -0.39 is 0 Å². The molecule has 6 heteroatoms. The van der Waals surface area contributed by atoms with Gasteiger partial charge in [-0.2, -0.15) is 0 Å². The predicted molar refractivity (Wildman–Crippen MR) is 86.4 cm³/mol. The van der Waals surface area contributed by atoms with Crippen LogP contribution in [0.4, 0.5) is 0 Å². The van der Waals surface area contributed by atoms with Gasteiger partial charge >= 0.3 is 0 Å². The van der Waals surface area contributed by atoms with Crippen molar-refractivity contribution in [3.63, 3.8) is 0 Å². The molecule has 0 saturated carbocycles. The van der Waals surface area contributed by atoms with Gasteiger partial charge in [-0.15, -0.1) is 0 Å². The summed E-state index contributed by atoms with van der Waals surface area (Å²) in [5.41, 5.74) is 1.30. The van der Waals surface area contributed by atoms with E-state index >= 15 is 0 Å². The van der Waals surface area contributed by atoms with Gasteiger partial charge in [0, 0.05) is 15.9 Å². The maximum absolute atomic E-state index is 12.1. The molecule has 2 N–H and O–H groups in total. The van der Waals surface area contributed by atoms with Gasteiger partial charge < -0.3 is 14.7 Å². The lowest BCUT2D eigenvalue weighted by atomic mass is 10.2. The van der Waals surface area contributed by atoms with Crippen molar-refractivity contribution in [2.75, 3.05) is 0 Å². The van der Waals surface area contributed by atoms with E-state index in [1.54, 1.807) is 0 Å². The fourth-order valence-electron chi connectivity index (χ4n) is 2.17. The van der Waals surface area contributed by atoms with Crippen LogP contribution >= 0.6 is 15.9 Å². The lowest BCUT2D eigenvalue weighted by Gasteiger charge is -2.10. The third-order valence-electron chi connectivity index (χ3n) is 3.56. The van der Waals surface area contributed by atoms with Crippen molar-refractivity contribution in [3.05, 3.63) is 38.9 Å². The van der Waals surface area contributed by atoms with Crippen LogP contribution in [0, 0.1) is 0 Å². The Morgan fingerprint density at radius 1 is 1.48 bits per heavy atom. The van der Waals surface area contributed by atoms with Gasteiger partial charge in [-0.05, 0) is 31.5 Å². The minimum atomic E-state index is -0.242. The molecule has 1 atom stereocenters. The summed E-state index contributed by atoms with van der Waals surface area (Å²) in [6, 6.07) is 6.00. The number of benzene rings is 1. The van der Waals surface area contributed by atoms with Gasteiger partial charge in [0.15, 0.2) is 0 Å².